The molecule has 5 heteroatoms. The second-order valence-electron chi connectivity index (χ2n) is 11.9. The quantitative estimate of drug-likeness (QED) is 0.344. The Balaban J connectivity index is 1.52. The summed E-state index contributed by atoms with van der Waals surface area (Å²) in [7, 11) is -3.07. The van der Waals surface area contributed by atoms with Crippen molar-refractivity contribution in [1.82, 2.24) is 0 Å². The third-order valence-corrected chi connectivity index (χ3v) is 9.12. The zero-order valence-electron chi connectivity index (χ0n) is 22.7. The lowest BCUT2D eigenvalue weighted by Crippen LogP contribution is -2.36. The molecule has 1 aliphatic rings. The highest BCUT2D eigenvalue weighted by atomic mass is 31.2. The first-order valence-electron chi connectivity index (χ1n) is 13.3. The standard InChI is InChI=1S/C30H46NO3P/c1-23-12-13-27(10-8-16-30(3,4)5)29(19-23)31-17-14-25(15-18-31)22-34-28-11-7-9-26(21-28)20-24(2)35(6,32)33/h7,9,11-13,19,21,24-25H,8,10,14-18,20,22H2,1-6H3,(H,32,33). The molecule has 194 valence electrons. The molecule has 1 saturated heterocycles. The van der Waals surface area contributed by atoms with Gasteiger partial charge in [-0.05, 0) is 91.7 Å². The summed E-state index contributed by atoms with van der Waals surface area (Å²) in [6.07, 6.45) is 6.49. The molecule has 1 heterocycles. The molecule has 2 aromatic carbocycles. The molecule has 1 aliphatic heterocycles. The first kappa shape index (κ1) is 27.8. The monoisotopic (exact) mass is 499 g/mol. The number of anilines is 1. The average Bonchev–Trinajstić information content (AvgIpc) is 2.78. The molecule has 0 spiro atoms. The zero-order valence-corrected chi connectivity index (χ0v) is 23.6. The third kappa shape index (κ3) is 8.99. The van der Waals surface area contributed by atoms with Crippen LogP contribution in [0.4, 0.5) is 5.69 Å². The number of aryl methyl sites for hydroxylation is 2. The number of ether oxygens (including phenoxy) is 1. The molecule has 4 nitrogen and oxygen atoms in total. The number of rotatable bonds is 10. The van der Waals surface area contributed by atoms with E-state index in [-0.39, 0.29) is 5.66 Å². The summed E-state index contributed by atoms with van der Waals surface area (Å²) in [5.41, 5.74) is 5.44. The highest BCUT2D eigenvalue weighted by molar-refractivity contribution is 7.57. The van der Waals surface area contributed by atoms with Crippen molar-refractivity contribution in [3.8, 4) is 5.75 Å². The van der Waals surface area contributed by atoms with Gasteiger partial charge in [-0.2, -0.15) is 0 Å². The Bertz CT molecular complexity index is 999. The van der Waals surface area contributed by atoms with Crippen molar-refractivity contribution in [3.63, 3.8) is 0 Å². The summed E-state index contributed by atoms with van der Waals surface area (Å²) < 4.78 is 18.1. The van der Waals surface area contributed by atoms with Gasteiger partial charge in [-0.15, -0.1) is 0 Å². The largest absolute Gasteiger partial charge is 0.493 e. The van der Waals surface area contributed by atoms with Crippen molar-refractivity contribution < 1.29 is 14.2 Å². The molecule has 2 aromatic rings. The molecule has 3 rings (SSSR count). The van der Waals surface area contributed by atoms with Crippen LogP contribution in [0, 0.1) is 18.3 Å². The molecule has 2 atom stereocenters. The molecule has 1 N–H and O–H groups in total. The van der Waals surface area contributed by atoms with E-state index in [2.05, 4.69) is 50.8 Å². The van der Waals surface area contributed by atoms with Crippen LogP contribution in [-0.4, -0.2) is 36.9 Å². The number of hydrogen-bond acceptors (Lipinski definition) is 3. The van der Waals surface area contributed by atoms with E-state index in [4.69, 9.17) is 4.74 Å². The minimum Gasteiger partial charge on any atom is -0.493 e. The summed E-state index contributed by atoms with van der Waals surface area (Å²) in [6.45, 7) is 15.3. The molecule has 0 aromatic heterocycles. The highest BCUT2D eigenvalue weighted by Gasteiger charge is 2.23. The lowest BCUT2D eigenvalue weighted by atomic mass is 9.88. The SMILES string of the molecule is Cc1ccc(CCCC(C)(C)C)c(N2CCC(COc3cccc(CC(C)P(C)(=O)O)c3)CC2)c1. The Labute approximate surface area is 213 Å². The second kappa shape index (κ2) is 12.0. The average molecular weight is 500 g/mol. The number of hydrogen-bond donors (Lipinski definition) is 1. The molecule has 0 bridgehead atoms. The molecular formula is C30H46NO3P. The first-order chi connectivity index (χ1) is 16.4. The van der Waals surface area contributed by atoms with Crippen LogP contribution in [0.2, 0.25) is 0 Å². The predicted molar refractivity (Wildman–Crippen MR) is 149 cm³/mol. The minimum atomic E-state index is -3.07. The summed E-state index contributed by atoms with van der Waals surface area (Å²) in [6, 6.07) is 15.0. The fourth-order valence-corrected chi connectivity index (χ4v) is 5.37. The molecule has 0 aliphatic carbocycles. The molecular weight excluding hydrogens is 453 g/mol. The smallest absolute Gasteiger partial charge is 0.200 e. The Morgan fingerprint density at radius 2 is 1.86 bits per heavy atom. The fourth-order valence-electron chi connectivity index (χ4n) is 4.82. The van der Waals surface area contributed by atoms with Gasteiger partial charge >= 0.3 is 0 Å². The number of piperidine rings is 1. The summed E-state index contributed by atoms with van der Waals surface area (Å²) in [5, 5.41) is 0. The van der Waals surface area contributed by atoms with Gasteiger partial charge in [0.25, 0.3) is 0 Å². The Morgan fingerprint density at radius 1 is 1.14 bits per heavy atom. The van der Waals surface area contributed by atoms with E-state index in [1.807, 2.05) is 31.2 Å². The normalized spacial score (nSPS) is 17.7. The van der Waals surface area contributed by atoms with E-state index in [0.717, 1.165) is 50.3 Å². The van der Waals surface area contributed by atoms with Crippen LogP contribution in [0.5, 0.6) is 5.75 Å². The van der Waals surface area contributed by atoms with Crippen molar-refractivity contribution in [2.24, 2.45) is 11.3 Å². The van der Waals surface area contributed by atoms with E-state index in [9.17, 15) is 9.46 Å². The maximum Gasteiger partial charge on any atom is 0.200 e. The summed E-state index contributed by atoms with van der Waals surface area (Å²) >= 11 is 0. The fraction of sp³-hybridized carbons (Fsp3) is 0.600. The van der Waals surface area contributed by atoms with Gasteiger partial charge in [0.15, 0.2) is 0 Å². The van der Waals surface area contributed by atoms with E-state index in [1.165, 1.54) is 36.3 Å². The van der Waals surface area contributed by atoms with Crippen molar-refractivity contribution in [2.75, 3.05) is 31.3 Å². The highest BCUT2D eigenvalue weighted by Crippen LogP contribution is 2.43. The van der Waals surface area contributed by atoms with E-state index < -0.39 is 7.37 Å². The van der Waals surface area contributed by atoms with Crippen molar-refractivity contribution in [3.05, 3.63) is 59.2 Å². The Hall–Kier alpha value is -1.77. The topological polar surface area (TPSA) is 49.8 Å². The van der Waals surface area contributed by atoms with Crippen molar-refractivity contribution in [2.45, 2.75) is 78.8 Å². The summed E-state index contributed by atoms with van der Waals surface area (Å²) in [5.74, 6) is 1.41. The third-order valence-electron chi connectivity index (χ3n) is 7.30. The van der Waals surface area contributed by atoms with E-state index in [1.54, 1.807) is 0 Å². The number of nitrogens with zero attached hydrogens (tertiary/aromatic N) is 1. The van der Waals surface area contributed by atoms with Crippen LogP contribution >= 0.6 is 7.37 Å². The van der Waals surface area contributed by atoms with Gasteiger partial charge in [0.1, 0.15) is 5.75 Å². The summed E-state index contributed by atoms with van der Waals surface area (Å²) in [4.78, 5) is 12.4. The van der Waals surface area contributed by atoms with Crippen LogP contribution in [0.3, 0.4) is 0 Å². The van der Waals surface area contributed by atoms with Gasteiger partial charge in [-0.3, -0.25) is 4.57 Å². The first-order valence-corrected chi connectivity index (χ1v) is 15.4. The van der Waals surface area contributed by atoms with Crippen LogP contribution in [0.25, 0.3) is 0 Å². The van der Waals surface area contributed by atoms with Crippen LogP contribution in [0.1, 0.15) is 70.1 Å². The van der Waals surface area contributed by atoms with Crippen molar-refractivity contribution in [1.29, 1.82) is 0 Å². The maximum absolute atomic E-state index is 11.9. The van der Waals surface area contributed by atoms with Gasteiger partial charge < -0.3 is 14.5 Å². The van der Waals surface area contributed by atoms with Crippen LogP contribution in [0.15, 0.2) is 42.5 Å². The maximum atomic E-state index is 11.9. The molecule has 2 unspecified atom stereocenters. The number of benzene rings is 2. The van der Waals surface area contributed by atoms with Crippen molar-refractivity contribution >= 4 is 13.1 Å². The van der Waals surface area contributed by atoms with Gasteiger partial charge in [0.2, 0.25) is 7.37 Å². The minimum absolute atomic E-state index is 0.248. The van der Waals surface area contributed by atoms with Gasteiger partial charge in [0, 0.05) is 31.1 Å². The zero-order chi connectivity index (χ0) is 25.6. The molecule has 35 heavy (non-hydrogen) atoms. The Kier molecular flexibility index (Phi) is 9.52. The molecule has 0 amide bonds. The van der Waals surface area contributed by atoms with Gasteiger partial charge in [-0.1, -0.05) is 52.0 Å². The van der Waals surface area contributed by atoms with Gasteiger partial charge in [-0.25, -0.2) is 0 Å². The lowest BCUT2D eigenvalue weighted by Gasteiger charge is -2.35. The van der Waals surface area contributed by atoms with E-state index >= 15 is 0 Å². The second-order valence-corrected chi connectivity index (χ2v) is 14.7. The molecule has 0 radical (unpaired) electrons. The molecule has 1 fully saturated rings. The predicted octanol–water partition coefficient (Wildman–Crippen LogP) is 7.49. The lowest BCUT2D eigenvalue weighted by molar-refractivity contribution is 0.222. The van der Waals surface area contributed by atoms with Crippen LogP contribution in [-0.2, 0) is 17.4 Å². The van der Waals surface area contributed by atoms with Gasteiger partial charge in [0.05, 0.1) is 6.61 Å². The van der Waals surface area contributed by atoms with E-state index in [0.29, 0.717) is 17.8 Å². The molecule has 0 saturated carbocycles. The Morgan fingerprint density at radius 3 is 2.51 bits per heavy atom. The van der Waals surface area contributed by atoms with Crippen LogP contribution < -0.4 is 9.64 Å².